The van der Waals surface area contributed by atoms with Crippen molar-refractivity contribution in [3.8, 4) is 0 Å². The second-order valence-electron chi connectivity index (χ2n) is 5.40. The van der Waals surface area contributed by atoms with Crippen molar-refractivity contribution < 1.29 is 4.79 Å². The van der Waals surface area contributed by atoms with Gasteiger partial charge in [0.2, 0.25) is 0 Å². The Kier molecular flexibility index (Phi) is 4.43. The standard InChI is InChI=1S/C15H23N3O/c1-12(2)17-8-3-9-18(11-10-17)15(19)13-4-6-14(16)7-5-13/h4-7,12H,3,8-11,16H2,1-2H3. The van der Waals surface area contributed by atoms with Crippen LogP contribution in [0.1, 0.15) is 30.6 Å². The minimum Gasteiger partial charge on any atom is -0.399 e. The molecular weight excluding hydrogens is 238 g/mol. The van der Waals surface area contributed by atoms with Crippen LogP contribution in [-0.2, 0) is 0 Å². The first-order valence-electron chi connectivity index (χ1n) is 6.97. The van der Waals surface area contributed by atoms with E-state index in [1.54, 1.807) is 12.1 Å². The topological polar surface area (TPSA) is 49.6 Å². The Labute approximate surface area is 115 Å². The lowest BCUT2D eigenvalue weighted by atomic mass is 10.2. The Bertz CT molecular complexity index is 428. The summed E-state index contributed by atoms with van der Waals surface area (Å²) in [5.74, 6) is 0.116. The zero-order valence-electron chi connectivity index (χ0n) is 11.8. The van der Waals surface area contributed by atoms with E-state index in [-0.39, 0.29) is 5.91 Å². The molecule has 1 fully saturated rings. The molecule has 1 aromatic carbocycles. The quantitative estimate of drug-likeness (QED) is 0.826. The molecule has 0 aliphatic carbocycles. The van der Waals surface area contributed by atoms with E-state index in [0.29, 0.717) is 11.7 Å². The minimum atomic E-state index is 0.116. The molecule has 2 N–H and O–H groups in total. The van der Waals surface area contributed by atoms with Gasteiger partial charge < -0.3 is 10.6 Å². The lowest BCUT2D eigenvalue weighted by molar-refractivity contribution is 0.0759. The van der Waals surface area contributed by atoms with Gasteiger partial charge in [0.1, 0.15) is 0 Å². The molecule has 0 aromatic heterocycles. The van der Waals surface area contributed by atoms with Crippen molar-refractivity contribution >= 4 is 11.6 Å². The SMILES string of the molecule is CC(C)N1CCCN(C(=O)c2ccc(N)cc2)CC1. The monoisotopic (exact) mass is 261 g/mol. The maximum Gasteiger partial charge on any atom is 0.253 e. The lowest BCUT2D eigenvalue weighted by Gasteiger charge is -2.25. The van der Waals surface area contributed by atoms with Gasteiger partial charge in [-0.1, -0.05) is 0 Å². The lowest BCUT2D eigenvalue weighted by Crippen LogP contribution is -2.37. The summed E-state index contributed by atoms with van der Waals surface area (Å²) in [5.41, 5.74) is 7.07. The molecule has 1 amide bonds. The van der Waals surface area contributed by atoms with Crippen LogP contribution in [-0.4, -0.2) is 47.9 Å². The highest BCUT2D eigenvalue weighted by atomic mass is 16.2. The fourth-order valence-corrected chi connectivity index (χ4v) is 2.47. The first-order valence-corrected chi connectivity index (χ1v) is 6.97. The molecule has 1 heterocycles. The van der Waals surface area contributed by atoms with E-state index in [9.17, 15) is 4.79 Å². The van der Waals surface area contributed by atoms with Crippen LogP contribution in [0.3, 0.4) is 0 Å². The van der Waals surface area contributed by atoms with Gasteiger partial charge in [-0.3, -0.25) is 9.69 Å². The van der Waals surface area contributed by atoms with E-state index < -0.39 is 0 Å². The van der Waals surface area contributed by atoms with Crippen LogP contribution in [0.25, 0.3) is 0 Å². The number of hydrogen-bond acceptors (Lipinski definition) is 3. The van der Waals surface area contributed by atoms with Crippen molar-refractivity contribution in [2.45, 2.75) is 26.3 Å². The highest BCUT2D eigenvalue weighted by Gasteiger charge is 2.21. The predicted molar refractivity (Wildman–Crippen MR) is 78.1 cm³/mol. The number of nitrogen functional groups attached to an aromatic ring is 1. The van der Waals surface area contributed by atoms with Gasteiger partial charge in [-0.25, -0.2) is 0 Å². The van der Waals surface area contributed by atoms with Crippen LogP contribution in [0.5, 0.6) is 0 Å². The number of rotatable bonds is 2. The molecular formula is C15H23N3O. The molecule has 0 saturated carbocycles. The largest absolute Gasteiger partial charge is 0.399 e. The van der Waals surface area contributed by atoms with Gasteiger partial charge in [-0.15, -0.1) is 0 Å². The Hall–Kier alpha value is -1.55. The second-order valence-corrected chi connectivity index (χ2v) is 5.40. The van der Waals surface area contributed by atoms with E-state index in [1.807, 2.05) is 17.0 Å². The van der Waals surface area contributed by atoms with E-state index >= 15 is 0 Å². The zero-order chi connectivity index (χ0) is 13.8. The molecule has 0 unspecified atom stereocenters. The maximum absolute atomic E-state index is 12.4. The van der Waals surface area contributed by atoms with Crippen molar-refractivity contribution in [1.82, 2.24) is 9.80 Å². The summed E-state index contributed by atoms with van der Waals surface area (Å²) in [6.07, 6.45) is 1.04. The molecule has 19 heavy (non-hydrogen) atoms. The second kappa shape index (κ2) is 6.06. The Balaban J connectivity index is 2.02. The Morgan fingerprint density at radius 2 is 1.79 bits per heavy atom. The van der Waals surface area contributed by atoms with Gasteiger partial charge >= 0.3 is 0 Å². The molecule has 1 saturated heterocycles. The molecule has 4 heteroatoms. The smallest absolute Gasteiger partial charge is 0.253 e. The molecule has 1 aromatic rings. The van der Waals surface area contributed by atoms with E-state index in [1.165, 1.54) is 0 Å². The third-order valence-corrected chi connectivity index (χ3v) is 3.71. The number of benzene rings is 1. The molecule has 0 spiro atoms. The predicted octanol–water partition coefficient (Wildman–Crippen LogP) is 1.83. The maximum atomic E-state index is 12.4. The van der Waals surface area contributed by atoms with Gasteiger partial charge in [0.25, 0.3) is 5.91 Å². The number of carbonyl (C=O) groups excluding carboxylic acids is 1. The van der Waals surface area contributed by atoms with E-state index in [2.05, 4.69) is 18.7 Å². The van der Waals surface area contributed by atoms with Crippen molar-refractivity contribution in [2.75, 3.05) is 31.9 Å². The molecule has 2 rings (SSSR count). The van der Waals surface area contributed by atoms with E-state index in [4.69, 9.17) is 5.73 Å². The zero-order valence-corrected chi connectivity index (χ0v) is 11.8. The first-order chi connectivity index (χ1) is 9.08. The number of hydrogen-bond donors (Lipinski definition) is 1. The number of carbonyl (C=O) groups is 1. The fourth-order valence-electron chi connectivity index (χ4n) is 2.47. The van der Waals surface area contributed by atoms with Crippen molar-refractivity contribution in [3.63, 3.8) is 0 Å². The summed E-state index contributed by atoms with van der Waals surface area (Å²) < 4.78 is 0. The van der Waals surface area contributed by atoms with Crippen LogP contribution in [0, 0.1) is 0 Å². The fraction of sp³-hybridized carbons (Fsp3) is 0.533. The third kappa shape index (κ3) is 3.47. The van der Waals surface area contributed by atoms with Gasteiger partial charge in [0.05, 0.1) is 0 Å². The van der Waals surface area contributed by atoms with Crippen molar-refractivity contribution in [3.05, 3.63) is 29.8 Å². The minimum absolute atomic E-state index is 0.116. The van der Waals surface area contributed by atoms with Crippen LogP contribution in [0.2, 0.25) is 0 Å². The molecule has 1 aliphatic heterocycles. The molecule has 0 atom stereocenters. The Morgan fingerprint density at radius 1 is 1.11 bits per heavy atom. The first kappa shape index (κ1) is 13.9. The average Bonchev–Trinajstić information content (AvgIpc) is 2.64. The van der Waals surface area contributed by atoms with Crippen molar-refractivity contribution in [2.24, 2.45) is 0 Å². The Morgan fingerprint density at radius 3 is 2.42 bits per heavy atom. The number of amides is 1. The number of nitrogens with two attached hydrogens (primary N) is 1. The molecule has 4 nitrogen and oxygen atoms in total. The van der Waals surface area contributed by atoms with E-state index in [0.717, 1.165) is 38.2 Å². The van der Waals surface area contributed by atoms with Crippen molar-refractivity contribution in [1.29, 1.82) is 0 Å². The van der Waals surface area contributed by atoms with Crippen LogP contribution in [0.4, 0.5) is 5.69 Å². The third-order valence-electron chi connectivity index (χ3n) is 3.71. The van der Waals surface area contributed by atoms with Crippen LogP contribution >= 0.6 is 0 Å². The highest BCUT2D eigenvalue weighted by molar-refractivity contribution is 5.94. The average molecular weight is 261 g/mol. The molecule has 0 bridgehead atoms. The van der Waals surface area contributed by atoms with Gasteiger partial charge in [0, 0.05) is 43.5 Å². The number of nitrogens with zero attached hydrogens (tertiary/aromatic N) is 2. The summed E-state index contributed by atoms with van der Waals surface area (Å²) in [7, 11) is 0. The number of anilines is 1. The van der Waals surface area contributed by atoms with Gasteiger partial charge in [-0.05, 0) is 44.5 Å². The molecule has 0 radical (unpaired) electrons. The molecule has 104 valence electrons. The summed E-state index contributed by atoms with van der Waals surface area (Å²) in [5, 5.41) is 0. The molecule has 1 aliphatic rings. The summed E-state index contributed by atoms with van der Waals surface area (Å²) in [6, 6.07) is 7.73. The van der Waals surface area contributed by atoms with Crippen LogP contribution < -0.4 is 5.73 Å². The van der Waals surface area contributed by atoms with Gasteiger partial charge in [-0.2, -0.15) is 0 Å². The van der Waals surface area contributed by atoms with Gasteiger partial charge in [0.15, 0.2) is 0 Å². The summed E-state index contributed by atoms with van der Waals surface area (Å²) in [4.78, 5) is 16.8. The summed E-state index contributed by atoms with van der Waals surface area (Å²) >= 11 is 0. The summed E-state index contributed by atoms with van der Waals surface area (Å²) in [6.45, 7) is 8.09. The van der Waals surface area contributed by atoms with Crippen LogP contribution in [0.15, 0.2) is 24.3 Å². The highest BCUT2D eigenvalue weighted by Crippen LogP contribution is 2.12. The normalized spacial score (nSPS) is 17.5.